The van der Waals surface area contributed by atoms with Crippen molar-refractivity contribution < 1.29 is 8.97 Å². The first kappa shape index (κ1) is 24.1. The van der Waals surface area contributed by atoms with E-state index >= 15 is 0 Å². The van der Waals surface area contributed by atoms with Gasteiger partial charge in [0.1, 0.15) is 10.9 Å². The van der Waals surface area contributed by atoms with Crippen molar-refractivity contribution in [2.45, 2.75) is 43.8 Å². The number of hydrogen-bond donors (Lipinski definition) is 1. The molecule has 7 nitrogen and oxygen atoms in total. The predicted molar refractivity (Wildman–Crippen MR) is 138 cm³/mol. The molecular formula is C26H29N5O2S. The average Bonchev–Trinajstić information content (AvgIpc) is 3.30. The van der Waals surface area contributed by atoms with Crippen LogP contribution in [-0.2, 0) is 11.2 Å². The topological polar surface area (TPSA) is 98.7 Å². The molecule has 0 saturated carbocycles. The second-order valence-corrected chi connectivity index (χ2v) is 10.6. The van der Waals surface area contributed by atoms with Crippen LogP contribution < -0.4 is 5.32 Å². The maximum atomic E-state index is 12.3. The summed E-state index contributed by atoms with van der Waals surface area (Å²) in [5.74, 6) is 1.28. The molecule has 1 atom stereocenters. The van der Waals surface area contributed by atoms with Crippen LogP contribution in [0.2, 0.25) is 0 Å². The molecule has 0 unspecified atom stereocenters. The van der Waals surface area contributed by atoms with E-state index in [9.17, 15) is 4.55 Å². The molecule has 2 heterocycles. The second-order valence-electron chi connectivity index (χ2n) is 8.55. The first-order valence-corrected chi connectivity index (χ1v) is 12.5. The molecule has 0 spiro atoms. The molecule has 2 aromatic carbocycles. The maximum absolute atomic E-state index is 12.3. The van der Waals surface area contributed by atoms with Crippen LogP contribution >= 0.6 is 0 Å². The van der Waals surface area contributed by atoms with Crippen LogP contribution in [0.5, 0.6) is 0 Å². The van der Waals surface area contributed by atoms with Crippen LogP contribution in [0.3, 0.4) is 0 Å². The summed E-state index contributed by atoms with van der Waals surface area (Å²) in [6.45, 7) is 13.3. The summed E-state index contributed by atoms with van der Waals surface area (Å²) in [6, 6.07) is 15.8. The molecule has 8 heteroatoms. The van der Waals surface area contributed by atoms with Gasteiger partial charge in [0.2, 0.25) is 5.89 Å². The molecule has 176 valence electrons. The molecule has 34 heavy (non-hydrogen) atoms. The van der Waals surface area contributed by atoms with E-state index in [0.717, 1.165) is 34.8 Å². The number of nitrogens with zero attached hydrogens (tertiary/aromatic N) is 4. The highest BCUT2D eigenvalue weighted by Crippen LogP contribution is 2.27. The minimum absolute atomic E-state index is 0.0645. The van der Waals surface area contributed by atoms with E-state index in [0.29, 0.717) is 23.2 Å². The van der Waals surface area contributed by atoms with Crippen molar-refractivity contribution in [1.29, 1.82) is 0 Å². The summed E-state index contributed by atoms with van der Waals surface area (Å²) in [5.41, 5.74) is 4.86. The summed E-state index contributed by atoms with van der Waals surface area (Å²) >= 11 is -1.03. The summed E-state index contributed by atoms with van der Waals surface area (Å²) in [5, 5.41) is 11.8. The monoisotopic (exact) mass is 475 g/mol. The van der Waals surface area contributed by atoms with Crippen molar-refractivity contribution >= 4 is 29.3 Å². The molecule has 1 aromatic heterocycles. The van der Waals surface area contributed by atoms with Gasteiger partial charge in [-0.2, -0.15) is 0 Å². The Morgan fingerprint density at radius 1 is 1.09 bits per heavy atom. The van der Waals surface area contributed by atoms with Crippen LogP contribution in [0.25, 0.3) is 17.2 Å². The van der Waals surface area contributed by atoms with Gasteiger partial charge in [-0.15, -0.1) is 10.2 Å². The van der Waals surface area contributed by atoms with Crippen molar-refractivity contribution in [2.75, 3.05) is 13.1 Å². The van der Waals surface area contributed by atoms with Crippen LogP contribution in [0, 0.1) is 0 Å². The van der Waals surface area contributed by atoms with Gasteiger partial charge in [0, 0.05) is 30.3 Å². The molecule has 0 bridgehead atoms. The molecule has 1 fully saturated rings. The average molecular weight is 476 g/mol. The fraction of sp³-hybridized carbons (Fsp3) is 0.308. The third kappa shape index (κ3) is 5.19. The summed E-state index contributed by atoms with van der Waals surface area (Å²) < 4.78 is 18.3. The molecule has 1 aliphatic rings. The van der Waals surface area contributed by atoms with Gasteiger partial charge >= 0.3 is 0 Å². The van der Waals surface area contributed by atoms with Crippen molar-refractivity contribution in [3.8, 4) is 11.5 Å². The quantitative estimate of drug-likeness (QED) is 0.371. The normalized spacial score (nSPS) is 16.2. The molecule has 1 aliphatic heterocycles. The van der Waals surface area contributed by atoms with E-state index in [4.69, 9.17) is 9.41 Å². The molecule has 0 radical (unpaired) electrons. The smallest absolute Gasteiger partial charge is 0.268 e. The van der Waals surface area contributed by atoms with Gasteiger partial charge in [0.15, 0.2) is 4.90 Å². The third-order valence-corrected chi connectivity index (χ3v) is 7.42. The first-order chi connectivity index (χ1) is 16.4. The third-order valence-electron chi connectivity index (χ3n) is 5.83. The largest absolute Gasteiger partial charge is 0.611 e. The Kier molecular flexibility index (Phi) is 7.41. The Balaban J connectivity index is 1.59. The van der Waals surface area contributed by atoms with Crippen molar-refractivity contribution in [3.05, 3.63) is 71.2 Å². The Bertz CT molecular complexity index is 1210. The number of hydrogen-bond acceptors (Lipinski definition) is 7. The zero-order valence-electron chi connectivity index (χ0n) is 19.9. The van der Waals surface area contributed by atoms with Gasteiger partial charge in [-0.3, -0.25) is 4.99 Å². The minimum atomic E-state index is -1.03. The van der Waals surface area contributed by atoms with E-state index < -0.39 is 11.2 Å². The molecule has 1 saturated heterocycles. The van der Waals surface area contributed by atoms with Crippen LogP contribution in [0.15, 0.2) is 73.5 Å². The lowest BCUT2D eigenvalue weighted by molar-refractivity contribution is 0.448. The van der Waals surface area contributed by atoms with Crippen LogP contribution in [-0.4, -0.2) is 45.5 Å². The summed E-state index contributed by atoms with van der Waals surface area (Å²) in [4.78, 5) is 9.59. The number of benzene rings is 2. The molecule has 1 N–H and O–H groups in total. The number of aromatic nitrogens is 2. The van der Waals surface area contributed by atoms with Gasteiger partial charge in [0.25, 0.3) is 5.89 Å². The van der Waals surface area contributed by atoms with E-state index in [1.165, 1.54) is 5.56 Å². The number of aliphatic imine (C=N–C) groups is 2. The standard InChI is InChI=1S/C26H29N5O2S/c1-16(2)34(32)23-12-10-19(11-13-23)17(3)29-24(18(4)27-5)26-31-30-25(33-26)21-8-6-20(7-9-21)22-14-28-15-22/h6-13,16,22,28H,5,14-15H2,1-4H3/b24-18-,29-17+/t34-/m0/s1. The van der Waals surface area contributed by atoms with Crippen LogP contribution in [0.4, 0.5) is 0 Å². The lowest BCUT2D eigenvalue weighted by Gasteiger charge is -2.27. The highest BCUT2D eigenvalue weighted by atomic mass is 32.2. The summed E-state index contributed by atoms with van der Waals surface area (Å²) in [7, 11) is 0. The van der Waals surface area contributed by atoms with E-state index in [2.05, 4.69) is 39.4 Å². The van der Waals surface area contributed by atoms with Gasteiger partial charge in [-0.1, -0.05) is 12.1 Å². The first-order valence-electron chi connectivity index (χ1n) is 11.3. The predicted octanol–water partition coefficient (Wildman–Crippen LogP) is 4.84. The van der Waals surface area contributed by atoms with Gasteiger partial charge in [-0.25, -0.2) is 4.99 Å². The number of nitrogens with one attached hydrogen (secondary N) is 1. The van der Waals surface area contributed by atoms with E-state index in [1.54, 1.807) is 6.92 Å². The SMILES string of the molecule is C=N/C(C)=C(\N=C(/C)c1ccc([S@@+]([O-])C(C)C)cc1)c1nnc(-c2ccc(C3CNC3)cc2)o1. The molecule has 3 aromatic rings. The molecule has 4 rings (SSSR count). The van der Waals surface area contributed by atoms with Gasteiger partial charge < -0.3 is 14.3 Å². The fourth-order valence-corrected chi connectivity index (χ4v) is 4.50. The van der Waals surface area contributed by atoms with Crippen LogP contribution in [0.1, 0.15) is 50.6 Å². The zero-order chi connectivity index (χ0) is 24.2. The Hall–Kier alpha value is -3.07. The van der Waals surface area contributed by atoms with E-state index in [-0.39, 0.29) is 11.1 Å². The number of allylic oxidation sites excluding steroid dienone is 1. The highest BCUT2D eigenvalue weighted by molar-refractivity contribution is 7.92. The molecule has 0 aliphatic carbocycles. The lowest BCUT2D eigenvalue weighted by Crippen LogP contribution is -2.39. The molecular weight excluding hydrogens is 446 g/mol. The zero-order valence-corrected chi connectivity index (χ0v) is 20.7. The van der Waals surface area contributed by atoms with Gasteiger partial charge in [0.05, 0.1) is 5.70 Å². The lowest BCUT2D eigenvalue weighted by atomic mass is 9.93. The van der Waals surface area contributed by atoms with Crippen molar-refractivity contribution in [3.63, 3.8) is 0 Å². The highest BCUT2D eigenvalue weighted by Gasteiger charge is 2.20. The Morgan fingerprint density at radius 2 is 1.76 bits per heavy atom. The second kappa shape index (κ2) is 10.5. The fourth-order valence-electron chi connectivity index (χ4n) is 3.55. The van der Waals surface area contributed by atoms with Crippen molar-refractivity contribution in [1.82, 2.24) is 15.5 Å². The Morgan fingerprint density at radius 3 is 2.32 bits per heavy atom. The maximum Gasteiger partial charge on any atom is 0.268 e. The Labute approximate surface area is 203 Å². The summed E-state index contributed by atoms with van der Waals surface area (Å²) in [6.07, 6.45) is 0. The molecule has 0 amide bonds. The number of rotatable bonds is 8. The van der Waals surface area contributed by atoms with Crippen molar-refractivity contribution in [2.24, 2.45) is 9.98 Å². The van der Waals surface area contributed by atoms with E-state index in [1.807, 2.05) is 57.2 Å². The van der Waals surface area contributed by atoms with Gasteiger partial charge in [-0.05, 0) is 93.1 Å². The minimum Gasteiger partial charge on any atom is -0.611 e.